The summed E-state index contributed by atoms with van der Waals surface area (Å²) in [4.78, 5) is 4.87. The van der Waals surface area contributed by atoms with E-state index in [2.05, 4.69) is 37.3 Å². The molecule has 0 spiro atoms. The minimum atomic E-state index is 0.225. The number of hydrogen-bond acceptors (Lipinski definition) is 3. The van der Waals surface area contributed by atoms with E-state index in [9.17, 15) is 0 Å². The summed E-state index contributed by atoms with van der Waals surface area (Å²) in [6.07, 6.45) is 3.17. The Hall–Kier alpha value is -0.380. The Morgan fingerprint density at radius 3 is 2.73 bits per heavy atom. The van der Waals surface area contributed by atoms with Crippen LogP contribution in [0, 0.1) is 0 Å². The fourth-order valence-corrected chi connectivity index (χ4v) is 2.39. The molecule has 15 heavy (non-hydrogen) atoms. The van der Waals surface area contributed by atoms with E-state index in [0.717, 1.165) is 26.2 Å². The predicted octanol–water partition coefficient (Wildman–Crippen LogP) is 0.916. The Kier molecular flexibility index (Phi) is 4.32. The molecule has 0 aromatic heterocycles. The van der Waals surface area contributed by atoms with Gasteiger partial charge in [-0.15, -0.1) is 6.58 Å². The second-order valence-electron chi connectivity index (χ2n) is 5.16. The highest BCUT2D eigenvalue weighted by Gasteiger charge is 2.34. The summed E-state index contributed by atoms with van der Waals surface area (Å²) in [5.41, 5.74) is 6.10. The number of likely N-dealkylation sites (N-methyl/N-ethyl adjacent to an activating group) is 1. The molecule has 1 aliphatic heterocycles. The summed E-state index contributed by atoms with van der Waals surface area (Å²) in [5.74, 6) is 0. The molecule has 0 bridgehead atoms. The first-order valence-electron chi connectivity index (χ1n) is 5.77. The summed E-state index contributed by atoms with van der Waals surface area (Å²) in [6, 6.07) is 0.450. The van der Waals surface area contributed by atoms with Crippen LogP contribution in [0.5, 0.6) is 0 Å². The Morgan fingerprint density at radius 2 is 2.20 bits per heavy atom. The van der Waals surface area contributed by atoms with E-state index in [1.165, 1.54) is 6.42 Å². The van der Waals surface area contributed by atoms with E-state index in [1.807, 2.05) is 6.08 Å². The molecule has 0 saturated carbocycles. The van der Waals surface area contributed by atoms with Crippen molar-refractivity contribution in [2.24, 2.45) is 5.73 Å². The number of nitrogens with two attached hydrogens (primary N) is 1. The molecule has 1 rings (SSSR count). The molecule has 0 aromatic rings. The van der Waals surface area contributed by atoms with Gasteiger partial charge in [-0.1, -0.05) is 6.08 Å². The first kappa shape index (κ1) is 12.7. The van der Waals surface area contributed by atoms with Gasteiger partial charge in [-0.2, -0.15) is 0 Å². The van der Waals surface area contributed by atoms with E-state index in [1.54, 1.807) is 0 Å². The van der Waals surface area contributed by atoms with Gasteiger partial charge < -0.3 is 10.6 Å². The average molecular weight is 211 g/mol. The molecular weight excluding hydrogens is 186 g/mol. The Bertz CT molecular complexity index is 213. The quantitative estimate of drug-likeness (QED) is 0.705. The summed E-state index contributed by atoms with van der Waals surface area (Å²) in [5, 5.41) is 0. The van der Waals surface area contributed by atoms with Crippen LogP contribution < -0.4 is 5.73 Å². The van der Waals surface area contributed by atoms with Crippen LogP contribution in [0.2, 0.25) is 0 Å². The lowest BCUT2D eigenvalue weighted by molar-refractivity contribution is 0.0936. The molecule has 0 aromatic carbocycles. The molecule has 1 heterocycles. The zero-order valence-corrected chi connectivity index (χ0v) is 10.4. The van der Waals surface area contributed by atoms with Crippen molar-refractivity contribution in [3.63, 3.8) is 0 Å². The van der Waals surface area contributed by atoms with E-state index >= 15 is 0 Å². The van der Waals surface area contributed by atoms with Gasteiger partial charge in [-0.05, 0) is 33.9 Å². The second kappa shape index (κ2) is 5.10. The van der Waals surface area contributed by atoms with Crippen LogP contribution in [0.1, 0.15) is 20.3 Å². The smallest absolute Gasteiger partial charge is 0.0354 e. The Labute approximate surface area is 93.9 Å². The zero-order valence-electron chi connectivity index (χ0n) is 10.4. The fourth-order valence-electron chi connectivity index (χ4n) is 2.39. The third kappa shape index (κ3) is 3.03. The highest BCUT2D eigenvalue weighted by atomic mass is 15.3. The predicted molar refractivity (Wildman–Crippen MR) is 65.9 cm³/mol. The topological polar surface area (TPSA) is 32.5 Å². The third-order valence-electron chi connectivity index (χ3n) is 3.44. The third-order valence-corrected chi connectivity index (χ3v) is 3.44. The van der Waals surface area contributed by atoms with Crippen LogP contribution in [-0.4, -0.2) is 54.6 Å². The van der Waals surface area contributed by atoms with Crippen molar-refractivity contribution in [2.75, 3.05) is 33.2 Å². The first-order chi connectivity index (χ1) is 7.01. The van der Waals surface area contributed by atoms with Gasteiger partial charge in [0, 0.05) is 31.2 Å². The van der Waals surface area contributed by atoms with Crippen molar-refractivity contribution in [3.05, 3.63) is 12.7 Å². The van der Waals surface area contributed by atoms with Crippen LogP contribution in [0.25, 0.3) is 0 Å². The average Bonchev–Trinajstić information content (AvgIpc) is 2.29. The monoisotopic (exact) mass is 211 g/mol. The van der Waals surface area contributed by atoms with Crippen molar-refractivity contribution in [3.8, 4) is 0 Å². The summed E-state index contributed by atoms with van der Waals surface area (Å²) in [6.45, 7) is 12.3. The van der Waals surface area contributed by atoms with Gasteiger partial charge in [-0.25, -0.2) is 0 Å². The van der Waals surface area contributed by atoms with Crippen LogP contribution >= 0.6 is 0 Å². The van der Waals surface area contributed by atoms with E-state index in [4.69, 9.17) is 5.73 Å². The summed E-state index contributed by atoms with van der Waals surface area (Å²) in [7, 11) is 2.18. The number of rotatable bonds is 3. The molecular formula is C12H25N3. The minimum absolute atomic E-state index is 0.225. The molecule has 2 N–H and O–H groups in total. The molecule has 1 aliphatic rings. The Balaban J connectivity index is 2.84. The lowest BCUT2D eigenvalue weighted by Crippen LogP contribution is -2.53. The number of hydrogen-bond donors (Lipinski definition) is 1. The van der Waals surface area contributed by atoms with Gasteiger partial charge in [0.2, 0.25) is 0 Å². The maximum absolute atomic E-state index is 5.87. The van der Waals surface area contributed by atoms with Crippen LogP contribution in [0.3, 0.4) is 0 Å². The van der Waals surface area contributed by atoms with Crippen LogP contribution in [0.15, 0.2) is 12.7 Å². The molecule has 0 radical (unpaired) electrons. The molecule has 0 amide bonds. The first-order valence-corrected chi connectivity index (χ1v) is 5.77. The van der Waals surface area contributed by atoms with Gasteiger partial charge in [0.25, 0.3) is 0 Å². The highest BCUT2D eigenvalue weighted by Crippen LogP contribution is 2.25. The molecule has 1 fully saturated rings. The second-order valence-corrected chi connectivity index (χ2v) is 5.16. The normalized spacial score (nSPS) is 28.7. The van der Waals surface area contributed by atoms with Gasteiger partial charge >= 0.3 is 0 Å². The van der Waals surface area contributed by atoms with E-state index in [0.29, 0.717) is 6.04 Å². The van der Waals surface area contributed by atoms with Crippen LogP contribution in [0.4, 0.5) is 0 Å². The van der Waals surface area contributed by atoms with Gasteiger partial charge in [0.05, 0.1) is 0 Å². The molecule has 1 atom stereocenters. The Morgan fingerprint density at radius 1 is 1.53 bits per heavy atom. The zero-order chi connectivity index (χ0) is 11.5. The van der Waals surface area contributed by atoms with E-state index < -0.39 is 0 Å². The van der Waals surface area contributed by atoms with E-state index in [-0.39, 0.29) is 5.54 Å². The largest absolute Gasteiger partial charge is 0.329 e. The summed E-state index contributed by atoms with van der Waals surface area (Å²) < 4.78 is 0. The highest BCUT2D eigenvalue weighted by molar-refractivity contribution is 4.94. The SMILES string of the molecule is C=CCN1C(CN)CN(C)CCC1(C)C. The molecule has 3 nitrogen and oxygen atoms in total. The maximum Gasteiger partial charge on any atom is 0.0354 e. The maximum atomic E-state index is 5.87. The van der Waals surface area contributed by atoms with Crippen molar-refractivity contribution in [2.45, 2.75) is 31.8 Å². The van der Waals surface area contributed by atoms with Crippen molar-refractivity contribution >= 4 is 0 Å². The molecule has 1 saturated heterocycles. The molecule has 1 unspecified atom stereocenters. The van der Waals surface area contributed by atoms with Gasteiger partial charge in [0.15, 0.2) is 0 Å². The van der Waals surface area contributed by atoms with Gasteiger partial charge in [-0.3, -0.25) is 4.90 Å². The summed E-state index contributed by atoms with van der Waals surface area (Å²) >= 11 is 0. The molecule has 3 heteroatoms. The van der Waals surface area contributed by atoms with Crippen molar-refractivity contribution in [1.29, 1.82) is 0 Å². The standard InChI is InChI=1S/C12H25N3/c1-5-7-15-11(9-13)10-14(4)8-6-12(15,2)3/h5,11H,1,6-10,13H2,2-4H3. The van der Waals surface area contributed by atoms with Crippen molar-refractivity contribution in [1.82, 2.24) is 9.80 Å². The molecule has 88 valence electrons. The number of nitrogens with zero attached hydrogens (tertiary/aromatic N) is 2. The minimum Gasteiger partial charge on any atom is -0.329 e. The lowest BCUT2D eigenvalue weighted by atomic mass is 9.97. The molecule has 0 aliphatic carbocycles. The fraction of sp³-hybridized carbons (Fsp3) is 0.833. The van der Waals surface area contributed by atoms with Crippen molar-refractivity contribution < 1.29 is 0 Å². The lowest BCUT2D eigenvalue weighted by Gasteiger charge is -2.41. The van der Waals surface area contributed by atoms with Gasteiger partial charge in [0.1, 0.15) is 0 Å². The van der Waals surface area contributed by atoms with Crippen LogP contribution in [-0.2, 0) is 0 Å².